The van der Waals surface area contributed by atoms with Crippen LogP contribution in [0.1, 0.15) is 30.9 Å². The molecule has 4 aromatic rings. The van der Waals surface area contributed by atoms with Crippen LogP contribution in [0, 0.1) is 0 Å². The monoisotopic (exact) mass is 647 g/mol. The van der Waals surface area contributed by atoms with Gasteiger partial charge in [0.05, 0.1) is 17.7 Å². The number of amides is 2. The number of carbonyl (C=O) groups excluding carboxylic acids is 2. The van der Waals surface area contributed by atoms with E-state index in [1.807, 2.05) is 49.4 Å². The zero-order chi connectivity index (χ0) is 32.2. The predicted molar refractivity (Wildman–Crippen MR) is 178 cm³/mol. The van der Waals surface area contributed by atoms with E-state index in [0.29, 0.717) is 17.3 Å². The molecule has 0 aliphatic heterocycles. The molecule has 1 N–H and O–H groups in total. The molecule has 0 aliphatic carbocycles. The normalized spacial score (nSPS) is 11.8. The van der Waals surface area contributed by atoms with Gasteiger partial charge in [-0.15, -0.1) is 0 Å². The lowest BCUT2D eigenvalue weighted by Crippen LogP contribution is -2.53. The molecule has 0 aliphatic rings. The van der Waals surface area contributed by atoms with E-state index < -0.39 is 28.5 Å². The number of anilines is 1. The van der Waals surface area contributed by atoms with Crippen LogP contribution < -0.4 is 14.4 Å². The number of sulfonamides is 1. The Labute approximate surface area is 270 Å². The van der Waals surface area contributed by atoms with Crippen LogP contribution >= 0.6 is 11.6 Å². The van der Waals surface area contributed by atoms with Crippen molar-refractivity contribution < 1.29 is 22.7 Å². The third kappa shape index (κ3) is 9.09. The van der Waals surface area contributed by atoms with Crippen LogP contribution in [0.3, 0.4) is 0 Å². The number of hydrogen-bond acceptors (Lipinski definition) is 5. The maximum absolute atomic E-state index is 14.5. The van der Waals surface area contributed by atoms with Crippen molar-refractivity contribution in [2.75, 3.05) is 24.5 Å². The number of nitrogens with one attached hydrogen (secondary N) is 1. The summed E-state index contributed by atoms with van der Waals surface area (Å²) in [5.41, 5.74) is 1.86. The number of ether oxygens (including phenoxy) is 1. The lowest BCUT2D eigenvalue weighted by atomic mass is 10.0. The van der Waals surface area contributed by atoms with Gasteiger partial charge in [0.2, 0.25) is 11.8 Å². The highest BCUT2D eigenvalue weighted by Crippen LogP contribution is 2.26. The standard InChI is InChI=1S/C35H38ClN3O5S/c1-3-4-22-37-35(41)33(24-27-12-7-5-8-13-27)38(25-28-14-11-15-31(23-28)44-2)34(40)26-39(30-20-18-29(36)19-21-30)45(42,43)32-16-9-6-10-17-32/h5-21,23,33H,3-4,22,24-26H2,1-2H3,(H,37,41)/t33-/m0/s1. The molecule has 2 amide bonds. The second kappa shape index (κ2) is 16.1. The van der Waals surface area contributed by atoms with Crippen LogP contribution in [0.2, 0.25) is 5.02 Å². The number of halogens is 1. The Morgan fingerprint density at radius 2 is 1.51 bits per heavy atom. The topological polar surface area (TPSA) is 96.0 Å². The van der Waals surface area contributed by atoms with Crippen molar-refractivity contribution in [1.29, 1.82) is 0 Å². The van der Waals surface area contributed by atoms with Crippen molar-refractivity contribution in [2.24, 2.45) is 0 Å². The summed E-state index contributed by atoms with van der Waals surface area (Å²) in [6.45, 7) is 2.00. The van der Waals surface area contributed by atoms with Crippen LogP contribution in [0.4, 0.5) is 5.69 Å². The first kappa shape index (κ1) is 33.6. The smallest absolute Gasteiger partial charge is 0.264 e. The molecule has 4 rings (SSSR count). The van der Waals surface area contributed by atoms with E-state index in [0.717, 1.165) is 28.3 Å². The van der Waals surface area contributed by atoms with Gasteiger partial charge in [0.1, 0.15) is 18.3 Å². The van der Waals surface area contributed by atoms with Gasteiger partial charge in [-0.3, -0.25) is 13.9 Å². The van der Waals surface area contributed by atoms with Gasteiger partial charge in [-0.1, -0.05) is 85.6 Å². The molecule has 45 heavy (non-hydrogen) atoms. The lowest BCUT2D eigenvalue weighted by molar-refractivity contribution is -0.140. The fourth-order valence-corrected chi connectivity index (χ4v) is 6.44. The average molecular weight is 648 g/mol. The number of rotatable bonds is 15. The summed E-state index contributed by atoms with van der Waals surface area (Å²) < 4.78 is 34.5. The molecular weight excluding hydrogens is 610 g/mol. The first-order valence-corrected chi connectivity index (χ1v) is 16.6. The van der Waals surface area contributed by atoms with Crippen molar-refractivity contribution in [2.45, 2.75) is 43.7 Å². The Bertz CT molecular complexity index is 1650. The zero-order valence-electron chi connectivity index (χ0n) is 25.4. The van der Waals surface area contributed by atoms with E-state index in [-0.39, 0.29) is 29.5 Å². The van der Waals surface area contributed by atoms with Crippen molar-refractivity contribution in [1.82, 2.24) is 10.2 Å². The summed E-state index contributed by atoms with van der Waals surface area (Å²) in [4.78, 5) is 29.8. The molecule has 1 atom stereocenters. The maximum atomic E-state index is 14.5. The van der Waals surface area contributed by atoms with Crippen molar-refractivity contribution in [3.63, 3.8) is 0 Å². The summed E-state index contributed by atoms with van der Waals surface area (Å²) in [7, 11) is -2.62. The number of unbranched alkanes of at least 4 members (excludes halogenated alkanes) is 1. The molecule has 0 aromatic heterocycles. The molecule has 0 saturated carbocycles. The summed E-state index contributed by atoms with van der Waals surface area (Å²) >= 11 is 6.13. The Hall–Kier alpha value is -4.34. The molecule has 4 aromatic carbocycles. The van der Waals surface area contributed by atoms with Gasteiger partial charge in [-0.25, -0.2) is 8.42 Å². The highest BCUT2D eigenvalue weighted by Gasteiger charge is 2.34. The van der Waals surface area contributed by atoms with E-state index in [9.17, 15) is 18.0 Å². The van der Waals surface area contributed by atoms with Crippen LogP contribution in [0.25, 0.3) is 0 Å². The van der Waals surface area contributed by atoms with Gasteiger partial charge >= 0.3 is 0 Å². The fraction of sp³-hybridized carbons (Fsp3) is 0.257. The Morgan fingerprint density at radius 3 is 2.16 bits per heavy atom. The van der Waals surface area contributed by atoms with Crippen molar-refractivity contribution in [3.8, 4) is 5.75 Å². The number of nitrogens with zero attached hydrogens (tertiary/aromatic N) is 2. The SMILES string of the molecule is CCCCNC(=O)[C@H](Cc1ccccc1)N(Cc1cccc(OC)c1)C(=O)CN(c1ccc(Cl)cc1)S(=O)(=O)c1ccccc1. The minimum atomic E-state index is -4.18. The van der Waals surface area contributed by atoms with E-state index in [2.05, 4.69) is 5.32 Å². The Balaban J connectivity index is 1.79. The molecule has 8 nitrogen and oxygen atoms in total. The van der Waals surface area contributed by atoms with Gasteiger partial charge in [-0.2, -0.15) is 0 Å². The predicted octanol–water partition coefficient (Wildman–Crippen LogP) is 6.10. The molecule has 0 spiro atoms. The molecule has 0 saturated heterocycles. The van der Waals surface area contributed by atoms with Crippen LogP contribution in [-0.2, 0) is 32.6 Å². The third-order valence-electron chi connectivity index (χ3n) is 7.31. The van der Waals surface area contributed by atoms with Gasteiger partial charge in [-0.05, 0) is 66.1 Å². The third-order valence-corrected chi connectivity index (χ3v) is 9.35. The molecule has 236 valence electrons. The number of hydrogen-bond donors (Lipinski definition) is 1. The molecule has 0 unspecified atom stereocenters. The highest BCUT2D eigenvalue weighted by molar-refractivity contribution is 7.92. The minimum absolute atomic E-state index is 0.0326. The average Bonchev–Trinajstić information content (AvgIpc) is 3.06. The summed E-state index contributed by atoms with van der Waals surface area (Å²) in [5.74, 6) is -0.257. The van der Waals surface area contributed by atoms with E-state index in [1.54, 1.807) is 61.7 Å². The summed E-state index contributed by atoms with van der Waals surface area (Å²) in [6.07, 6.45) is 1.91. The molecule has 0 heterocycles. The quantitative estimate of drug-likeness (QED) is 0.157. The summed E-state index contributed by atoms with van der Waals surface area (Å²) in [5, 5.41) is 3.42. The highest BCUT2D eigenvalue weighted by atomic mass is 35.5. The molecule has 0 fully saturated rings. The molecule has 10 heteroatoms. The number of benzene rings is 4. The number of carbonyl (C=O) groups is 2. The van der Waals surface area contributed by atoms with Crippen LogP contribution in [0.15, 0.2) is 114 Å². The molecule has 0 radical (unpaired) electrons. The maximum Gasteiger partial charge on any atom is 0.264 e. The second-order valence-corrected chi connectivity index (χ2v) is 12.8. The fourth-order valence-electron chi connectivity index (χ4n) is 4.88. The first-order valence-electron chi connectivity index (χ1n) is 14.8. The first-order chi connectivity index (χ1) is 21.7. The Morgan fingerprint density at radius 1 is 0.867 bits per heavy atom. The zero-order valence-corrected chi connectivity index (χ0v) is 27.0. The second-order valence-electron chi connectivity index (χ2n) is 10.5. The van der Waals surface area contributed by atoms with Crippen molar-refractivity contribution in [3.05, 3.63) is 125 Å². The van der Waals surface area contributed by atoms with E-state index >= 15 is 0 Å². The van der Waals surface area contributed by atoms with E-state index in [4.69, 9.17) is 16.3 Å². The largest absolute Gasteiger partial charge is 0.497 e. The molecular formula is C35H38ClN3O5S. The van der Waals surface area contributed by atoms with Gasteiger partial charge in [0.15, 0.2) is 0 Å². The number of methoxy groups -OCH3 is 1. The minimum Gasteiger partial charge on any atom is -0.497 e. The van der Waals surface area contributed by atoms with E-state index in [1.165, 1.54) is 17.0 Å². The molecule has 0 bridgehead atoms. The van der Waals surface area contributed by atoms with Gasteiger partial charge < -0.3 is 15.0 Å². The van der Waals surface area contributed by atoms with Crippen LogP contribution in [0.5, 0.6) is 5.75 Å². The Kier molecular flexibility index (Phi) is 12.0. The summed E-state index contributed by atoms with van der Waals surface area (Å²) in [6, 6.07) is 30.0. The van der Waals surface area contributed by atoms with Crippen LogP contribution in [-0.4, -0.2) is 51.4 Å². The van der Waals surface area contributed by atoms with Gasteiger partial charge in [0.25, 0.3) is 10.0 Å². The van der Waals surface area contributed by atoms with Crippen molar-refractivity contribution >= 4 is 39.1 Å². The lowest BCUT2D eigenvalue weighted by Gasteiger charge is -2.34. The van der Waals surface area contributed by atoms with Gasteiger partial charge in [0, 0.05) is 24.5 Å².